The minimum atomic E-state index is -0.229. The van der Waals surface area contributed by atoms with Gasteiger partial charge in [0, 0.05) is 56.5 Å². The number of aldehydes is 1. The summed E-state index contributed by atoms with van der Waals surface area (Å²) in [6.45, 7) is 6.35. The van der Waals surface area contributed by atoms with Crippen molar-refractivity contribution < 1.29 is 14.3 Å². The average Bonchev–Trinajstić information content (AvgIpc) is 2.56. The normalized spacial score (nSPS) is 16.0. The maximum Gasteiger partial charge on any atom is 0.217 e. The number of amides is 1. The van der Waals surface area contributed by atoms with Gasteiger partial charge in [0.1, 0.15) is 12.4 Å². The summed E-state index contributed by atoms with van der Waals surface area (Å²) in [5.41, 5.74) is 11.8. The van der Waals surface area contributed by atoms with E-state index in [1.165, 1.54) is 0 Å². The molecule has 1 heterocycles. The Morgan fingerprint density at radius 1 is 1.17 bits per heavy atom. The maximum atomic E-state index is 10.7. The lowest BCUT2D eigenvalue weighted by atomic mass is 10.2. The van der Waals surface area contributed by atoms with Gasteiger partial charge in [0.05, 0.1) is 0 Å². The van der Waals surface area contributed by atoms with Gasteiger partial charge in [-0.3, -0.25) is 14.5 Å². The molecule has 4 N–H and O–H groups in total. The Balaban J connectivity index is 1.63. The molecule has 0 radical (unpaired) electrons. The molecule has 0 bridgehead atoms. The molecule has 0 saturated carbocycles. The first kappa shape index (κ1) is 18.2. The van der Waals surface area contributed by atoms with E-state index in [2.05, 4.69) is 9.80 Å². The number of nitrogens with two attached hydrogens (primary N) is 2. The third-order valence-corrected chi connectivity index (χ3v) is 4.22. The predicted octanol–water partition coefficient (Wildman–Crippen LogP) is 0.343. The van der Waals surface area contributed by atoms with Gasteiger partial charge < -0.3 is 21.1 Å². The number of hydrogen-bond donors (Lipinski definition) is 2. The zero-order valence-electron chi connectivity index (χ0n) is 13.9. The minimum Gasteiger partial charge on any atom is -0.492 e. The fourth-order valence-electron chi connectivity index (χ4n) is 2.76. The molecule has 0 unspecified atom stereocenters. The van der Waals surface area contributed by atoms with Crippen molar-refractivity contribution in [2.75, 3.05) is 51.6 Å². The number of nitrogens with zero attached hydrogens (tertiary/aromatic N) is 2. The van der Waals surface area contributed by atoms with Crippen molar-refractivity contribution in [3.63, 3.8) is 0 Å². The summed E-state index contributed by atoms with van der Waals surface area (Å²) in [5.74, 6) is 0.454. The van der Waals surface area contributed by atoms with E-state index in [1.807, 2.05) is 0 Å². The largest absolute Gasteiger partial charge is 0.492 e. The molecule has 2 rings (SSSR count). The third-order valence-electron chi connectivity index (χ3n) is 4.22. The molecule has 1 aliphatic heterocycles. The molecule has 0 aliphatic carbocycles. The smallest absolute Gasteiger partial charge is 0.217 e. The Morgan fingerprint density at radius 3 is 2.42 bits per heavy atom. The van der Waals surface area contributed by atoms with Crippen LogP contribution in [0.15, 0.2) is 18.2 Å². The van der Waals surface area contributed by atoms with E-state index >= 15 is 0 Å². The lowest BCUT2D eigenvalue weighted by Crippen LogP contribution is -2.47. The number of anilines is 1. The average molecular weight is 334 g/mol. The number of piperazine rings is 1. The summed E-state index contributed by atoms with van der Waals surface area (Å²) < 4.78 is 5.70. The van der Waals surface area contributed by atoms with Gasteiger partial charge in [-0.2, -0.15) is 0 Å². The summed E-state index contributed by atoms with van der Waals surface area (Å²) in [6.07, 6.45) is 2.03. The number of hydrogen-bond acceptors (Lipinski definition) is 6. The minimum absolute atomic E-state index is 0.229. The number of rotatable bonds is 9. The first-order valence-electron chi connectivity index (χ1n) is 8.29. The second-order valence-electron chi connectivity index (χ2n) is 6.01. The summed E-state index contributed by atoms with van der Waals surface area (Å²) in [4.78, 5) is 26.2. The zero-order valence-corrected chi connectivity index (χ0v) is 13.9. The summed E-state index contributed by atoms with van der Waals surface area (Å²) in [7, 11) is 0. The van der Waals surface area contributed by atoms with Crippen LogP contribution in [0.4, 0.5) is 5.69 Å². The number of benzene rings is 1. The van der Waals surface area contributed by atoms with Crippen LogP contribution in [0.1, 0.15) is 23.2 Å². The molecular formula is C17H26N4O3. The van der Waals surface area contributed by atoms with Crippen LogP contribution in [0.25, 0.3) is 0 Å². The van der Waals surface area contributed by atoms with Crippen LogP contribution in [0.2, 0.25) is 0 Å². The highest BCUT2D eigenvalue weighted by Gasteiger charge is 2.16. The fourth-order valence-corrected chi connectivity index (χ4v) is 2.76. The van der Waals surface area contributed by atoms with Gasteiger partial charge in [0.15, 0.2) is 6.29 Å². The first-order chi connectivity index (χ1) is 11.6. The zero-order chi connectivity index (χ0) is 17.4. The second-order valence-corrected chi connectivity index (χ2v) is 6.01. The van der Waals surface area contributed by atoms with Crippen LogP contribution < -0.4 is 16.2 Å². The molecule has 0 aromatic heterocycles. The Morgan fingerprint density at radius 2 is 1.83 bits per heavy atom. The molecule has 0 atom stereocenters. The molecule has 1 aromatic carbocycles. The highest BCUT2D eigenvalue weighted by Crippen LogP contribution is 2.18. The van der Waals surface area contributed by atoms with E-state index in [0.29, 0.717) is 30.0 Å². The molecule has 7 nitrogen and oxygen atoms in total. The molecule has 1 aliphatic rings. The summed E-state index contributed by atoms with van der Waals surface area (Å²) >= 11 is 0. The topological polar surface area (TPSA) is 102 Å². The van der Waals surface area contributed by atoms with Crippen molar-refractivity contribution in [1.29, 1.82) is 0 Å². The predicted molar refractivity (Wildman–Crippen MR) is 93.0 cm³/mol. The lowest BCUT2D eigenvalue weighted by molar-refractivity contribution is -0.118. The Kier molecular flexibility index (Phi) is 7.02. The maximum absolute atomic E-state index is 10.7. The molecule has 1 saturated heterocycles. The van der Waals surface area contributed by atoms with E-state index in [9.17, 15) is 9.59 Å². The number of primary amides is 1. The van der Waals surface area contributed by atoms with Gasteiger partial charge in [-0.25, -0.2) is 0 Å². The van der Waals surface area contributed by atoms with Crippen molar-refractivity contribution in [2.45, 2.75) is 12.8 Å². The molecular weight excluding hydrogens is 308 g/mol. The van der Waals surface area contributed by atoms with Gasteiger partial charge in [-0.05, 0) is 25.1 Å². The van der Waals surface area contributed by atoms with Crippen LogP contribution in [-0.4, -0.2) is 67.9 Å². The van der Waals surface area contributed by atoms with Crippen molar-refractivity contribution in [3.05, 3.63) is 23.8 Å². The van der Waals surface area contributed by atoms with Crippen LogP contribution in [0, 0.1) is 0 Å². The monoisotopic (exact) mass is 334 g/mol. The summed E-state index contributed by atoms with van der Waals surface area (Å²) in [5, 5.41) is 0. The standard InChI is InChI=1S/C17H26N4O3/c18-16-12-15(4-3-14(16)13-22)24-11-10-21-8-6-20(7-9-21)5-1-2-17(19)23/h3-4,12-13H,1-2,5-11,18H2,(H2,19,23). The number of nitrogen functional groups attached to an aromatic ring is 1. The van der Waals surface area contributed by atoms with E-state index in [1.54, 1.807) is 18.2 Å². The molecule has 0 spiro atoms. The molecule has 132 valence electrons. The fraction of sp³-hybridized carbons (Fsp3) is 0.529. The molecule has 1 amide bonds. The van der Waals surface area contributed by atoms with E-state index in [0.717, 1.165) is 52.0 Å². The number of ether oxygens (including phenoxy) is 1. The Bertz CT molecular complexity index is 557. The molecule has 7 heteroatoms. The van der Waals surface area contributed by atoms with Crippen LogP contribution in [0.5, 0.6) is 5.75 Å². The lowest BCUT2D eigenvalue weighted by Gasteiger charge is -2.34. The molecule has 1 aromatic rings. The van der Waals surface area contributed by atoms with Gasteiger partial charge >= 0.3 is 0 Å². The van der Waals surface area contributed by atoms with Crippen LogP contribution in [0.3, 0.4) is 0 Å². The molecule has 1 fully saturated rings. The van der Waals surface area contributed by atoms with Crippen LogP contribution >= 0.6 is 0 Å². The van der Waals surface area contributed by atoms with Crippen LogP contribution in [-0.2, 0) is 4.79 Å². The van der Waals surface area contributed by atoms with Gasteiger partial charge in [0.25, 0.3) is 0 Å². The van der Waals surface area contributed by atoms with E-state index in [-0.39, 0.29) is 5.91 Å². The number of carbonyl (C=O) groups excluding carboxylic acids is 2. The van der Waals surface area contributed by atoms with Crippen molar-refractivity contribution in [3.8, 4) is 5.75 Å². The van der Waals surface area contributed by atoms with E-state index in [4.69, 9.17) is 16.2 Å². The highest BCUT2D eigenvalue weighted by atomic mass is 16.5. The molecule has 24 heavy (non-hydrogen) atoms. The second kappa shape index (κ2) is 9.24. The quantitative estimate of drug-likeness (QED) is 0.499. The summed E-state index contributed by atoms with van der Waals surface area (Å²) in [6, 6.07) is 5.11. The Labute approximate surface area is 142 Å². The third kappa shape index (κ3) is 5.82. The van der Waals surface area contributed by atoms with Crippen molar-refractivity contribution in [1.82, 2.24) is 9.80 Å². The van der Waals surface area contributed by atoms with Crippen molar-refractivity contribution >= 4 is 17.9 Å². The number of carbonyl (C=O) groups is 2. The van der Waals surface area contributed by atoms with E-state index < -0.39 is 0 Å². The van der Waals surface area contributed by atoms with Gasteiger partial charge in [-0.15, -0.1) is 0 Å². The van der Waals surface area contributed by atoms with Gasteiger partial charge in [0.2, 0.25) is 5.91 Å². The SMILES string of the molecule is NC(=O)CCCN1CCN(CCOc2ccc(C=O)c(N)c2)CC1. The first-order valence-corrected chi connectivity index (χ1v) is 8.29. The van der Waals surface area contributed by atoms with Crippen molar-refractivity contribution in [2.24, 2.45) is 5.73 Å². The van der Waals surface area contributed by atoms with Gasteiger partial charge in [-0.1, -0.05) is 0 Å². The highest BCUT2D eigenvalue weighted by molar-refractivity contribution is 5.83. The Hall–Kier alpha value is -2.12.